The molecule has 152 valence electrons. The number of halogens is 1. The average molecular weight is 415 g/mol. The normalized spacial score (nSPS) is 13.0. The number of nitrogens with one attached hydrogen (secondary N) is 2. The number of carbonyl (C=O) groups is 2. The first-order valence-electron chi connectivity index (χ1n) is 9.25. The molecule has 1 heterocycles. The van der Waals surface area contributed by atoms with E-state index in [-0.39, 0.29) is 24.3 Å². The van der Waals surface area contributed by atoms with Gasteiger partial charge in [-0.15, -0.1) is 0 Å². The first kappa shape index (κ1) is 20.7. The molecular weight excluding hydrogens is 392 g/mol. The zero-order chi connectivity index (χ0) is 21.0. The first-order valence-corrected chi connectivity index (χ1v) is 9.63. The summed E-state index contributed by atoms with van der Waals surface area (Å²) in [5, 5.41) is 7.23. The molecule has 0 aliphatic rings. The van der Waals surface area contributed by atoms with Crippen LogP contribution < -0.4 is 15.4 Å². The van der Waals surface area contributed by atoms with E-state index in [4.69, 9.17) is 20.8 Å². The van der Waals surface area contributed by atoms with E-state index in [0.717, 1.165) is 10.9 Å². The molecule has 0 spiro atoms. The van der Waals surface area contributed by atoms with Gasteiger partial charge in [0.05, 0.1) is 25.6 Å². The number of methoxy groups -OCH3 is 1. The summed E-state index contributed by atoms with van der Waals surface area (Å²) in [5.41, 5.74) is 1.45. The molecule has 0 aliphatic carbocycles. The number of hydrogen-bond donors (Lipinski definition) is 2. The van der Waals surface area contributed by atoms with Crippen molar-refractivity contribution in [3.8, 4) is 5.75 Å². The highest BCUT2D eigenvalue weighted by Crippen LogP contribution is 2.31. The lowest BCUT2D eigenvalue weighted by Gasteiger charge is -2.19. The molecule has 0 saturated heterocycles. The van der Waals surface area contributed by atoms with Gasteiger partial charge in [-0.05, 0) is 36.8 Å². The molecule has 0 aliphatic heterocycles. The van der Waals surface area contributed by atoms with E-state index < -0.39 is 6.04 Å². The number of carbonyl (C=O) groups excluding carboxylic acids is 2. The lowest BCUT2D eigenvalue weighted by molar-refractivity contribution is -0.123. The predicted molar refractivity (Wildman–Crippen MR) is 112 cm³/mol. The van der Waals surface area contributed by atoms with Crippen LogP contribution in [0.1, 0.15) is 43.7 Å². The molecule has 0 saturated carbocycles. The number of furan rings is 1. The second kappa shape index (κ2) is 9.01. The highest BCUT2D eigenvalue weighted by atomic mass is 35.5. The van der Waals surface area contributed by atoms with Crippen molar-refractivity contribution in [2.75, 3.05) is 7.11 Å². The Balaban J connectivity index is 1.72. The molecule has 2 amide bonds. The highest BCUT2D eigenvalue weighted by Gasteiger charge is 2.20. The predicted octanol–water partition coefficient (Wildman–Crippen LogP) is 4.54. The summed E-state index contributed by atoms with van der Waals surface area (Å²) in [6.45, 7) is 3.27. The van der Waals surface area contributed by atoms with E-state index in [0.29, 0.717) is 22.1 Å². The lowest BCUT2D eigenvalue weighted by Crippen LogP contribution is -2.33. The highest BCUT2D eigenvalue weighted by molar-refractivity contribution is 6.30. The van der Waals surface area contributed by atoms with Crippen LogP contribution >= 0.6 is 11.6 Å². The number of ether oxygens (including phenoxy) is 1. The lowest BCUT2D eigenvalue weighted by atomic mass is 10.0. The van der Waals surface area contributed by atoms with Gasteiger partial charge in [-0.3, -0.25) is 9.59 Å². The maximum atomic E-state index is 12.6. The summed E-state index contributed by atoms with van der Waals surface area (Å²) in [4.78, 5) is 24.2. The third-order valence-electron chi connectivity index (χ3n) is 4.59. The van der Waals surface area contributed by atoms with Crippen molar-refractivity contribution in [3.05, 3.63) is 64.9 Å². The van der Waals surface area contributed by atoms with Gasteiger partial charge in [0, 0.05) is 17.3 Å². The molecule has 0 fully saturated rings. The van der Waals surface area contributed by atoms with Crippen LogP contribution in [-0.4, -0.2) is 18.9 Å². The summed E-state index contributed by atoms with van der Waals surface area (Å²) in [6, 6.07) is 13.8. The van der Waals surface area contributed by atoms with Crippen LogP contribution in [0, 0.1) is 0 Å². The molecule has 1 aromatic heterocycles. The van der Waals surface area contributed by atoms with Crippen LogP contribution in [0.15, 0.2) is 52.9 Å². The van der Waals surface area contributed by atoms with Crippen molar-refractivity contribution in [3.63, 3.8) is 0 Å². The van der Waals surface area contributed by atoms with Crippen molar-refractivity contribution in [2.24, 2.45) is 0 Å². The summed E-state index contributed by atoms with van der Waals surface area (Å²) in [6.07, 6.45) is 0.0924. The summed E-state index contributed by atoms with van der Waals surface area (Å²) >= 11 is 5.93. The van der Waals surface area contributed by atoms with Crippen LogP contribution in [0.25, 0.3) is 11.0 Å². The van der Waals surface area contributed by atoms with Gasteiger partial charge in [0.25, 0.3) is 0 Å². The molecule has 2 N–H and O–H groups in total. The van der Waals surface area contributed by atoms with E-state index >= 15 is 0 Å². The number of benzene rings is 2. The van der Waals surface area contributed by atoms with Crippen molar-refractivity contribution in [1.29, 1.82) is 0 Å². The van der Waals surface area contributed by atoms with E-state index in [1.165, 1.54) is 6.92 Å². The molecule has 6 nitrogen and oxygen atoms in total. The Bertz CT molecular complexity index is 1010. The van der Waals surface area contributed by atoms with E-state index in [1.54, 1.807) is 31.4 Å². The Morgan fingerprint density at radius 2 is 1.86 bits per heavy atom. The zero-order valence-corrected chi connectivity index (χ0v) is 17.2. The third kappa shape index (κ3) is 5.09. The maximum absolute atomic E-state index is 12.6. The average Bonchev–Trinajstić information content (AvgIpc) is 3.12. The Labute approximate surface area is 174 Å². The van der Waals surface area contributed by atoms with Crippen LogP contribution in [0.3, 0.4) is 0 Å². The Kier molecular flexibility index (Phi) is 6.44. The standard InChI is InChI=1S/C22H23ClN2O4/c1-13(20-11-16-5-4-6-19(28-3)22(16)29-20)24-21(27)12-18(25-14(2)26)15-7-9-17(23)10-8-15/h4-11,13,18H,12H2,1-3H3,(H,24,27)(H,25,26). The number of para-hydroxylation sites is 1. The van der Waals surface area contributed by atoms with Crippen molar-refractivity contribution < 1.29 is 18.7 Å². The van der Waals surface area contributed by atoms with Crippen molar-refractivity contribution >= 4 is 34.4 Å². The van der Waals surface area contributed by atoms with Crippen LogP contribution in [0.4, 0.5) is 0 Å². The van der Waals surface area contributed by atoms with Gasteiger partial charge in [-0.1, -0.05) is 35.9 Å². The van der Waals surface area contributed by atoms with E-state index in [1.807, 2.05) is 31.2 Å². The van der Waals surface area contributed by atoms with E-state index in [2.05, 4.69) is 10.6 Å². The fourth-order valence-electron chi connectivity index (χ4n) is 3.18. The molecule has 0 radical (unpaired) electrons. The van der Waals surface area contributed by atoms with E-state index in [9.17, 15) is 9.59 Å². The maximum Gasteiger partial charge on any atom is 0.222 e. The summed E-state index contributed by atoms with van der Waals surface area (Å²) < 4.78 is 11.2. The SMILES string of the molecule is COc1cccc2cc(C(C)NC(=O)CC(NC(C)=O)c3ccc(Cl)cc3)oc12. The number of hydrogen-bond acceptors (Lipinski definition) is 4. The van der Waals surface area contributed by atoms with Crippen LogP contribution in [-0.2, 0) is 9.59 Å². The van der Waals surface area contributed by atoms with Gasteiger partial charge in [0.15, 0.2) is 11.3 Å². The molecule has 2 aromatic carbocycles. The van der Waals surface area contributed by atoms with Gasteiger partial charge in [0.1, 0.15) is 5.76 Å². The molecule has 0 bridgehead atoms. The van der Waals surface area contributed by atoms with Gasteiger partial charge in [0.2, 0.25) is 11.8 Å². The monoisotopic (exact) mass is 414 g/mol. The minimum atomic E-state index is -0.451. The zero-order valence-electron chi connectivity index (χ0n) is 16.5. The quantitative estimate of drug-likeness (QED) is 0.594. The van der Waals surface area contributed by atoms with Gasteiger partial charge >= 0.3 is 0 Å². The largest absolute Gasteiger partial charge is 0.493 e. The second-order valence-corrected chi connectivity index (χ2v) is 7.26. The minimum Gasteiger partial charge on any atom is -0.493 e. The third-order valence-corrected chi connectivity index (χ3v) is 4.84. The second-order valence-electron chi connectivity index (χ2n) is 6.83. The van der Waals surface area contributed by atoms with Crippen molar-refractivity contribution in [1.82, 2.24) is 10.6 Å². The van der Waals surface area contributed by atoms with Gasteiger partial charge < -0.3 is 19.8 Å². The molecule has 2 unspecified atom stereocenters. The molecule has 7 heteroatoms. The molecular formula is C22H23ClN2O4. The summed E-state index contributed by atoms with van der Waals surface area (Å²) in [7, 11) is 1.58. The fourth-order valence-corrected chi connectivity index (χ4v) is 3.31. The number of amides is 2. The Hall–Kier alpha value is -2.99. The molecule has 3 rings (SSSR count). The Morgan fingerprint density at radius 1 is 1.14 bits per heavy atom. The Morgan fingerprint density at radius 3 is 2.52 bits per heavy atom. The topological polar surface area (TPSA) is 80.6 Å². The number of fused-ring (bicyclic) bond motifs is 1. The minimum absolute atomic E-state index is 0.0924. The molecule has 3 aromatic rings. The van der Waals surface area contributed by atoms with Gasteiger partial charge in [-0.25, -0.2) is 0 Å². The van der Waals surface area contributed by atoms with Gasteiger partial charge in [-0.2, -0.15) is 0 Å². The summed E-state index contributed by atoms with van der Waals surface area (Å²) in [5.74, 6) is 0.843. The van der Waals surface area contributed by atoms with Crippen molar-refractivity contribution in [2.45, 2.75) is 32.4 Å². The smallest absolute Gasteiger partial charge is 0.222 e. The fraction of sp³-hybridized carbons (Fsp3) is 0.273. The molecule has 2 atom stereocenters. The van der Waals surface area contributed by atoms with Crippen LogP contribution in [0.2, 0.25) is 5.02 Å². The molecule has 29 heavy (non-hydrogen) atoms. The van der Waals surface area contributed by atoms with Crippen LogP contribution in [0.5, 0.6) is 5.75 Å². The number of rotatable bonds is 7. The first-order chi connectivity index (χ1) is 13.9.